The van der Waals surface area contributed by atoms with Gasteiger partial charge >= 0.3 is 0 Å². The molecule has 2 aromatic heterocycles. The van der Waals surface area contributed by atoms with Crippen LogP contribution in [0, 0.1) is 0 Å². The predicted octanol–water partition coefficient (Wildman–Crippen LogP) is -0.615. The molecular formula is C14H20N8O. The molecule has 0 radical (unpaired) electrons. The summed E-state index contributed by atoms with van der Waals surface area (Å²) in [5.41, 5.74) is 6.65. The maximum Gasteiger partial charge on any atom is 0.244 e. The lowest BCUT2D eigenvalue weighted by atomic mass is 10.3. The highest BCUT2D eigenvalue weighted by molar-refractivity contribution is 5.76. The minimum Gasteiger partial charge on any atom is -0.367 e. The van der Waals surface area contributed by atoms with E-state index in [-0.39, 0.29) is 18.4 Å². The summed E-state index contributed by atoms with van der Waals surface area (Å²) in [6.07, 6.45) is 2.74. The normalized spacial score (nSPS) is 16.3. The van der Waals surface area contributed by atoms with E-state index in [0.717, 1.165) is 38.3 Å². The Balaban J connectivity index is 1.54. The summed E-state index contributed by atoms with van der Waals surface area (Å²) in [4.78, 5) is 20.9. The van der Waals surface area contributed by atoms with Gasteiger partial charge < -0.3 is 10.6 Å². The number of hydrogen-bond acceptors (Lipinski definition) is 7. The number of anilines is 1. The van der Waals surface area contributed by atoms with E-state index in [9.17, 15) is 4.79 Å². The van der Waals surface area contributed by atoms with Gasteiger partial charge in [-0.1, -0.05) is 11.2 Å². The van der Waals surface area contributed by atoms with Gasteiger partial charge in [-0.15, -0.1) is 0 Å². The summed E-state index contributed by atoms with van der Waals surface area (Å²) < 4.78 is 1.32. The van der Waals surface area contributed by atoms with Crippen LogP contribution in [-0.2, 0) is 17.9 Å². The van der Waals surface area contributed by atoms with Crippen molar-refractivity contribution in [2.45, 2.75) is 19.5 Å². The molecule has 0 aliphatic carbocycles. The Morgan fingerprint density at radius 2 is 2.13 bits per heavy atom. The van der Waals surface area contributed by atoms with Crippen LogP contribution in [0.3, 0.4) is 0 Å². The van der Waals surface area contributed by atoms with Crippen LogP contribution in [0.4, 0.5) is 5.95 Å². The average molecular weight is 316 g/mol. The number of pyridine rings is 1. The second kappa shape index (κ2) is 7.14. The first-order valence-corrected chi connectivity index (χ1v) is 7.64. The number of aromatic nitrogens is 5. The van der Waals surface area contributed by atoms with Crippen molar-refractivity contribution in [3.05, 3.63) is 30.1 Å². The molecule has 2 aromatic rings. The van der Waals surface area contributed by atoms with Crippen molar-refractivity contribution in [3.63, 3.8) is 0 Å². The molecule has 0 atom stereocenters. The molecule has 0 spiro atoms. The monoisotopic (exact) mass is 316 g/mol. The van der Waals surface area contributed by atoms with Gasteiger partial charge in [0, 0.05) is 38.9 Å². The predicted molar refractivity (Wildman–Crippen MR) is 82.9 cm³/mol. The van der Waals surface area contributed by atoms with E-state index in [1.165, 1.54) is 4.68 Å². The van der Waals surface area contributed by atoms with Crippen LogP contribution in [-0.4, -0.2) is 67.1 Å². The highest BCUT2D eigenvalue weighted by atomic mass is 16.2. The summed E-state index contributed by atoms with van der Waals surface area (Å²) >= 11 is 0. The highest BCUT2D eigenvalue weighted by Gasteiger charge is 2.20. The number of rotatable bonds is 4. The number of nitrogens with two attached hydrogens (primary N) is 1. The van der Waals surface area contributed by atoms with Gasteiger partial charge in [0.2, 0.25) is 11.9 Å². The molecule has 1 fully saturated rings. The molecule has 0 bridgehead atoms. The van der Waals surface area contributed by atoms with Crippen molar-refractivity contribution in [2.75, 3.05) is 31.9 Å². The largest absolute Gasteiger partial charge is 0.367 e. The topological polar surface area (TPSA) is 106 Å². The van der Waals surface area contributed by atoms with Crippen LogP contribution in [0.2, 0.25) is 0 Å². The number of tetrazole rings is 1. The van der Waals surface area contributed by atoms with E-state index >= 15 is 0 Å². The van der Waals surface area contributed by atoms with Crippen LogP contribution in [0.5, 0.6) is 0 Å². The first kappa shape index (κ1) is 15.3. The van der Waals surface area contributed by atoms with E-state index in [2.05, 4.69) is 25.4 Å². The van der Waals surface area contributed by atoms with Gasteiger partial charge in [0.15, 0.2) is 0 Å². The lowest BCUT2D eigenvalue weighted by Crippen LogP contribution is -2.37. The minimum absolute atomic E-state index is 0.0105. The number of carbonyl (C=O) groups excluding carboxylic acids is 1. The molecule has 1 amide bonds. The summed E-state index contributed by atoms with van der Waals surface area (Å²) in [6.45, 7) is 4.09. The molecule has 23 heavy (non-hydrogen) atoms. The fourth-order valence-electron chi connectivity index (χ4n) is 2.65. The molecule has 9 heteroatoms. The Bertz CT molecular complexity index is 643. The van der Waals surface area contributed by atoms with E-state index in [4.69, 9.17) is 5.73 Å². The van der Waals surface area contributed by atoms with Gasteiger partial charge in [-0.3, -0.25) is 14.7 Å². The molecule has 9 nitrogen and oxygen atoms in total. The SMILES string of the molecule is Nc1nnnn1CC(=O)N1CCCN(Cc2ccccn2)CC1. The average Bonchev–Trinajstić information content (AvgIpc) is 2.82. The number of nitrogens with zero attached hydrogens (tertiary/aromatic N) is 7. The number of hydrogen-bond donors (Lipinski definition) is 1. The lowest BCUT2D eigenvalue weighted by Gasteiger charge is -2.21. The van der Waals surface area contributed by atoms with Crippen LogP contribution in [0.15, 0.2) is 24.4 Å². The zero-order valence-electron chi connectivity index (χ0n) is 12.9. The molecular weight excluding hydrogens is 296 g/mol. The van der Waals surface area contributed by atoms with Crippen molar-refractivity contribution < 1.29 is 4.79 Å². The molecule has 0 unspecified atom stereocenters. The first-order valence-electron chi connectivity index (χ1n) is 7.64. The third-order valence-electron chi connectivity index (χ3n) is 3.90. The first-order chi connectivity index (χ1) is 11.2. The standard InChI is InChI=1S/C14H20N8O/c15-14-17-18-19-22(14)11-13(23)21-7-3-6-20(8-9-21)10-12-4-1-2-5-16-12/h1-2,4-5H,3,6-11H2,(H2,15,17,19). The quantitative estimate of drug-likeness (QED) is 0.801. The Morgan fingerprint density at radius 3 is 2.87 bits per heavy atom. The van der Waals surface area contributed by atoms with Crippen molar-refractivity contribution in [1.29, 1.82) is 0 Å². The maximum atomic E-state index is 12.4. The lowest BCUT2D eigenvalue weighted by molar-refractivity contribution is -0.131. The minimum atomic E-state index is -0.0105. The van der Waals surface area contributed by atoms with E-state index in [1.54, 1.807) is 6.20 Å². The summed E-state index contributed by atoms with van der Waals surface area (Å²) in [6, 6.07) is 5.93. The van der Waals surface area contributed by atoms with Crippen LogP contribution in [0.1, 0.15) is 12.1 Å². The van der Waals surface area contributed by atoms with Gasteiger partial charge in [0.25, 0.3) is 0 Å². The fourth-order valence-corrected chi connectivity index (χ4v) is 2.65. The molecule has 0 aromatic carbocycles. The van der Waals surface area contributed by atoms with Gasteiger partial charge in [-0.2, -0.15) is 0 Å². The zero-order chi connectivity index (χ0) is 16.1. The number of nitrogen functional groups attached to an aromatic ring is 1. The Morgan fingerprint density at radius 1 is 1.22 bits per heavy atom. The molecule has 122 valence electrons. The molecule has 2 N–H and O–H groups in total. The van der Waals surface area contributed by atoms with Gasteiger partial charge in [0.1, 0.15) is 6.54 Å². The smallest absolute Gasteiger partial charge is 0.244 e. The molecule has 0 saturated carbocycles. The summed E-state index contributed by atoms with van der Waals surface area (Å²) in [5.74, 6) is 0.147. The Labute approximate surface area is 134 Å². The third kappa shape index (κ3) is 4.01. The van der Waals surface area contributed by atoms with Crippen LogP contribution < -0.4 is 5.73 Å². The number of carbonyl (C=O) groups is 1. The van der Waals surface area contributed by atoms with Crippen LogP contribution in [0.25, 0.3) is 0 Å². The van der Waals surface area contributed by atoms with E-state index < -0.39 is 0 Å². The molecule has 1 aliphatic heterocycles. The van der Waals surface area contributed by atoms with Crippen molar-refractivity contribution in [1.82, 2.24) is 35.0 Å². The highest BCUT2D eigenvalue weighted by Crippen LogP contribution is 2.08. The fraction of sp³-hybridized carbons (Fsp3) is 0.500. The molecule has 3 heterocycles. The van der Waals surface area contributed by atoms with E-state index in [0.29, 0.717) is 6.54 Å². The van der Waals surface area contributed by atoms with Gasteiger partial charge in [-0.25, -0.2) is 4.68 Å². The van der Waals surface area contributed by atoms with E-state index in [1.807, 2.05) is 23.1 Å². The Kier molecular flexibility index (Phi) is 4.77. The second-order valence-corrected chi connectivity index (χ2v) is 5.53. The summed E-state index contributed by atoms with van der Waals surface area (Å²) in [5, 5.41) is 10.7. The molecule has 1 aliphatic rings. The van der Waals surface area contributed by atoms with Crippen molar-refractivity contribution >= 4 is 11.9 Å². The number of amides is 1. The molecule has 3 rings (SSSR count). The summed E-state index contributed by atoms with van der Waals surface area (Å²) in [7, 11) is 0. The van der Waals surface area contributed by atoms with Crippen molar-refractivity contribution in [3.8, 4) is 0 Å². The maximum absolute atomic E-state index is 12.4. The zero-order valence-corrected chi connectivity index (χ0v) is 12.9. The van der Waals surface area contributed by atoms with Crippen LogP contribution >= 0.6 is 0 Å². The van der Waals surface area contributed by atoms with Crippen molar-refractivity contribution in [2.24, 2.45) is 0 Å². The van der Waals surface area contributed by atoms with Gasteiger partial charge in [-0.05, 0) is 29.0 Å². The van der Waals surface area contributed by atoms with Gasteiger partial charge in [0.05, 0.1) is 5.69 Å². The Hall–Kier alpha value is -2.55. The third-order valence-corrected chi connectivity index (χ3v) is 3.90. The molecule has 1 saturated heterocycles. The second-order valence-electron chi connectivity index (χ2n) is 5.53.